The van der Waals surface area contributed by atoms with Gasteiger partial charge in [-0.1, -0.05) is 19.1 Å². The lowest BCUT2D eigenvalue weighted by Gasteiger charge is -2.40. The van der Waals surface area contributed by atoms with Crippen LogP contribution in [0, 0.1) is 11.7 Å². The molecular weight excluding hydrogens is 243 g/mol. The number of hydrogen-bond acceptors (Lipinski definition) is 2. The Balaban J connectivity index is 2.43. The van der Waals surface area contributed by atoms with Crippen molar-refractivity contribution in [1.82, 2.24) is 0 Å². The number of ether oxygens (including phenoxy) is 1. The molecule has 0 bridgehead atoms. The van der Waals surface area contributed by atoms with E-state index in [2.05, 4.69) is 0 Å². The lowest BCUT2D eigenvalue weighted by molar-refractivity contribution is -0.127. The van der Waals surface area contributed by atoms with Gasteiger partial charge in [0.15, 0.2) is 0 Å². The molecule has 1 saturated heterocycles. The average molecular weight is 264 g/mol. The van der Waals surface area contributed by atoms with E-state index >= 15 is 0 Å². The van der Waals surface area contributed by atoms with E-state index in [0.717, 1.165) is 31.4 Å². The number of benzene rings is 1. The van der Waals surface area contributed by atoms with Crippen LogP contribution >= 0.6 is 0 Å². The number of Topliss-reactive ketones (excluding diaryl/α,β-unsaturated/α-hetero) is 1. The van der Waals surface area contributed by atoms with E-state index in [9.17, 15) is 9.18 Å². The predicted octanol–water partition coefficient (Wildman–Crippen LogP) is 3.49. The summed E-state index contributed by atoms with van der Waals surface area (Å²) in [5.41, 5.74) is 0.383. The maximum absolute atomic E-state index is 13.1. The van der Waals surface area contributed by atoms with Crippen molar-refractivity contribution in [3.8, 4) is 0 Å². The highest BCUT2D eigenvalue weighted by molar-refractivity contribution is 5.88. The molecule has 0 N–H and O–H groups in total. The Kier molecular flexibility index (Phi) is 4.35. The lowest BCUT2D eigenvalue weighted by Crippen LogP contribution is -2.45. The molecule has 0 saturated carbocycles. The van der Waals surface area contributed by atoms with Crippen LogP contribution in [0.4, 0.5) is 4.39 Å². The molecule has 1 aliphatic heterocycles. The predicted molar refractivity (Wildman–Crippen MR) is 72.6 cm³/mol. The topological polar surface area (TPSA) is 26.3 Å². The second-order valence-corrected chi connectivity index (χ2v) is 5.30. The Bertz CT molecular complexity index is 435. The van der Waals surface area contributed by atoms with Crippen molar-refractivity contribution in [2.45, 2.75) is 38.5 Å². The smallest absolute Gasteiger partial charge is 0.140 e. The molecule has 1 aromatic rings. The molecule has 104 valence electrons. The Morgan fingerprint density at radius 2 is 2.11 bits per heavy atom. The van der Waals surface area contributed by atoms with Crippen LogP contribution in [0.3, 0.4) is 0 Å². The molecule has 0 radical (unpaired) electrons. The van der Waals surface area contributed by atoms with E-state index in [4.69, 9.17) is 4.74 Å². The van der Waals surface area contributed by atoms with Crippen LogP contribution in [0.2, 0.25) is 0 Å². The third-order valence-electron chi connectivity index (χ3n) is 4.40. The summed E-state index contributed by atoms with van der Waals surface area (Å²) < 4.78 is 18.7. The monoisotopic (exact) mass is 264 g/mol. The molecule has 19 heavy (non-hydrogen) atoms. The van der Waals surface area contributed by atoms with Crippen LogP contribution < -0.4 is 0 Å². The van der Waals surface area contributed by atoms with Crippen LogP contribution in [0.15, 0.2) is 24.3 Å². The quantitative estimate of drug-likeness (QED) is 0.832. The summed E-state index contributed by atoms with van der Waals surface area (Å²) in [6.45, 7) is 5.06. The molecule has 0 spiro atoms. The van der Waals surface area contributed by atoms with E-state index in [1.54, 1.807) is 19.1 Å². The number of hydrogen-bond donors (Lipinski definition) is 0. The van der Waals surface area contributed by atoms with E-state index in [-0.39, 0.29) is 17.5 Å². The van der Waals surface area contributed by atoms with E-state index in [1.165, 1.54) is 12.1 Å². The number of carbonyl (C=O) groups is 1. The summed E-state index contributed by atoms with van der Waals surface area (Å²) >= 11 is 0. The van der Waals surface area contributed by atoms with Crippen molar-refractivity contribution >= 4 is 5.78 Å². The molecule has 1 fully saturated rings. The zero-order valence-corrected chi connectivity index (χ0v) is 11.6. The highest BCUT2D eigenvalue weighted by Crippen LogP contribution is 2.41. The highest BCUT2D eigenvalue weighted by atomic mass is 19.1. The van der Waals surface area contributed by atoms with Crippen molar-refractivity contribution in [2.75, 3.05) is 13.2 Å². The minimum atomic E-state index is -0.534. The fraction of sp³-hybridized carbons (Fsp3) is 0.562. The summed E-state index contributed by atoms with van der Waals surface area (Å²) in [7, 11) is 0. The van der Waals surface area contributed by atoms with Gasteiger partial charge >= 0.3 is 0 Å². The van der Waals surface area contributed by atoms with Gasteiger partial charge in [-0.3, -0.25) is 4.79 Å². The Morgan fingerprint density at radius 1 is 1.42 bits per heavy atom. The SMILES string of the molecule is CCC(C(C)=O)(c1ccc(F)cc1)C1CCCOC1. The highest BCUT2D eigenvalue weighted by Gasteiger charge is 2.43. The number of carbonyl (C=O) groups excluding carboxylic acids is 1. The Morgan fingerprint density at radius 3 is 2.58 bits per heavy atom. The van der Waals surface area contributed by atoms with Crippen LogP contribution in [-0.2, 0) is 14.9 Å². The molecular formula is C16H21FO2. The summed E-state index contributed by atoms with van der Waals surface area (Å²) in [5, 5.41) is 0. The lowest BCUT2D eigenvalue weighted by atomic mass is 9.64. The van der Waals surface area contributed by atoms with Gasteiger partial charge in [0.25, 0.3) is 0 Å². The minimum Gasteiger partial charge on any atom is -0.381 e. The third-order valence-corrected chi connectivity index (χ3v) is 4.40. The molecule has 3 heteroatoms. The maximum Gasteiger partial charge on any atom is 0.140 e. The molecule has 2 nitrogen and oxygen atoms in total. The molecule has 2 rings (SSSR count). The molecule has 1 aliphatic rings. The van der Waals surface area contributed by atoms with Gasteiger partial charge < -0.3 is 4.74 Å². The van der Waals surface area contributed by atoms with E-state index in [1.807, 2.05) is 6.92 Å². The van der Waals surface area contributed by atoms with E-state index in [0.29, 0.717) is 6.61 Å². The van der Waals surface area contributed by atoms with Crippen LogP contribution in [0.1, 0.15) is 38.7 Å². The molecule has 1 heterocycles. The van der Waals surface area contributed by atoms with Gasteiger partial charge in [0, 0.05) is 6.61 Å². The minimum absolute atomic E-state index is 0.150. The molecule has 1 aromatic carbocycles. The van der Waals surface area contributed by atoms with Crippen LogP contribution in [0.5, 0.6) is 0 Å². The summed E-state index contributed by atoms with van der Waals surface area (Å²) in [5.74, 6) is 0.0727. The van der Waals surface area contributed by atoms with Gasteiger partial charge in [0.2, 0.25) is 0 Å². The normalized spacial score (nSPS) is 22.8. The molecule has 2 atom stereocenters. The van der Waals surface area contributed by atoms with Gasteiger partial charge in [-0.25, -0.2) is 4.39 Å². The first kappa shape index (κ1) is 14.2. The zero-order chi connectivity index (χ0) is 13.9. The first-order valence-electron chi connectivity index (χ1n) is 6.96. The van der Waals surface area contributed by atoms with Crippen LogP contribution in [-0.4, -0.2) is 19.0 Å². The first-order chi connectivity index (χ1) is 9.11. The first-order valence-corrected chi connectivity index (χ1v) is 6.96. The van der Waals surface area contributed by atoms with Crippen molar-refractivity contribution < 1.29 is 13.9 Å². The third kappa shape index (κ3) is 2.57. The second kappa shape index (κ2) is 5.83. The van der Waals surface area contributed by atoms with Crippen molar-refractivity contribution in [3.05, 3.63) is 35.6 Å². The number of ketones is 1. The van der Waals surface area contributed by atoms with Crippen molar-refractivity contribution in [1.29, 1.82) is 0 Å². The second-order valence-electron chi connectivity index (χ2n) is 5.30. The molecule has 0 amide bonds. The van der Waals surface area contributed by atoms with Crippen molar-refractivity contribution in [3.63, 3.8) is 0 Å². The molecule has 0 aromatic heterocycles. The fourth-order valence-electron chi connectivity index (χ4n) is 3.34. The van der Waals surface area contributed by atoms with Gasteiger partial charge in [-0.15, -0.1) is 0 Å². The van der Waals surface area contributed by atoms with Gasteiger partial charge in [0.05, 0.1) is 12.0 Å². The standard InChI is InChI=1S/C16H21FO2/c1-3-16(12(2)18,14-5-4-10-19-11-14)13-6-8-15(17)9-7-13/h6-9,14H,3-5,10-11H2,1-2H3. The molecule has 0 aliphatic carbocycles. The fourth-order valence-corrected chi connectivity index (χ4v) is 3.34. The number of halogens is 1. The summed E-state index contributed by atoms with van der Waals surface area (Å²) in [6, 6.07) is 6.36. The van der Waals surface area contributed by atoms with Gasteiger partial charge in [-0.05, 0) is 49.8 Å². The van der Waals surface area contributed by atoms with Gasteiger partial charge in [0.1, 0.15) is 11.6 Å². The molecule has 2 unspecified atom stereocenters. The van der Waals surface area contributed by atoms with Crippen molar-refractivity contribution in [2.24, 2.45) is 5.92 Å². The van der Waals surface area contributed by atoms with Crippen LogP contribution in [0.25, 0.3) is 0 Å². The zero-order valence-electron chi connectivity index (χ0n) is 11.6. The largest absolute Gasteiger partial charge is 0.381 e. The Labute approximate surface area is 114 Å². The van der Waals surface area contributed by atoms with Gasteiger partial charge in [-0.2, -0.15) is 0 Å². The average Bonchev–Trinajstić information content (AvgIpc) is 2.43. The maximum atomic E-state index is 13.1. The summed E-state index contributed by atoms with van der Waals surface area (Å²) in [6.07, 6.45) is 2.70. The van der Waals surface area contributed by atoms with E-state index < -0.39 is 5.41 Å². The summed E-state index contributed by atoms with van der Waals surface area (Å²) in [4.78, 5) is 12.3. The number of rotatable bonds is 4. The Hall–Kier alpha value is -1.22.